The van der Waals surface area contributed by atoms with Crippen LogP contribution in [0, 0.1) is 3.57 Å². The summed E-state index contributed by atoms with van der Waals surface area (Å²) in [5.41, 5.74) is 0.656. The van der Waals surface area contributed by atoms with Crippen molar-refractivity contribution in [1.29, 1.82) is 0 Å². The predicted octanol–water partition coefficient (Wildman–Crippen LogP) is 3.96. The molecule has 0 heterocycles. The minimum atomic E-state index is -3.62. The third-order valence-electron chi connectivity index (χ3n) is 2.84. The largest absolute Gasteiger partial charge is 0.368 e. The van der Waals surface area contributed by atoms with E-state index in [0.717, 1.165) is 3.57 Å². The first-order chi connectivity index (χ1) is 9.94. The maximum atomic E-state index is 13.0. The third kappa shape index (κ3) is 3.79. The number of rotatable bonds is 7. The predicted molar refractivity (Wildman–Crippen MR) is 92.8 cm³/mol. The van der Waals surface area contributed by atoms with Gasteiger partial charge in [0, 0.05) is 44.7 Å². The van der Waals surface area contributed by atoms with Crippen molar-refractivity contribution >= 4 is 42.8 Å². The second-order valence-corrected chi connectivity index (χ2v) is 9.94. The van der Waals surface area contributed by atoms with E-state index in [2.05, 4.69) is 22.6 Å². The van der Waals surface area contributed by atoms with Gasteiger partial charge in [0.2, 0.25) is 0 Å². The van der Waals surface area contributed by atoms with Gasteiger partial charge in [-0.2, -0.15) is 0 Å². The molecular formula is C12H19IO6P2. The fourth-order valence-corrected chi connectivity index (χ4v) is 7.77. The normalized spacial score (nSPS) is 12.5. The molecule has 0 amide bonds. The first-order valence-corrected chi connectivity index (χ1v) is 10.0. The van der Waals surface area contributed by atoms with Crippen LogP contribution in [0.15, 0.2) is 24.3 Å². The minimum Gasteiger partial charge on any atom is -0.320 e. The Hall–Kier alpha value is 0.280. The summed E-state index contributed by atoms with van der Waals surface area (Å²) in [5, 5.41) is 0.262. The molecule has 0 N–H and O–H groups in total. The molecular weight excluding hydrogens is 429 g/mol. The molecule has 0 unspecified atom stereocenters. The molecule has 0 aliphatic carbocycles. The lowest BCUT2D eigenvalue weighted by atomic mass is 10.2. The van der Waals surface area contributed by atoms with E-state index in [1.54, 1.807) is 6.07 Å². The van der Waals surface area contributed by atoms with Crippen molar-refractivity contribution in [2.75, 3.05) is 35.5 Å². The summed E-state index contributed by atoms with van der Waals surface area (Å²) in [6.07, 6.45) is 0. The van der Waals surface area contributed by atoms with Crippen LogP contribution in [0.2, 0.25) is 0 Å². The molecule has 0 saturated carbocycles. The summed E-state index contributed by atoms with van der Waals surface area (Å²) in [5.74, 6) is 0. The number of benzene rings is 1. The van der Waals surface area contributed by atoms with Gasteiger partial charge >= 0.3 is 7.60 Å². The maximum Gasteiger partial charge on any atom is 0.368 e. The van der Waals surface area contributed by atoms with Crippen molar-refractivity contribution in [2.24, 2.45) is 0 Å². The van der Waals surface area contributed by atoms with Gasteiger partial charge in [-0.05, 0) is 28.7 Å². The van der Waals surface area contributed by atoms with E-state index < -0.39 is 15.2 Å². The van der Waals surface area contributed by atoms with E-state index in [0.29, 0.717) is 5.56 Å². The molecule has 0 bridgehead atoms. The quantitative estimate of drug-likeness (QED) is 0.465. The molecule has 0 fully saturated rings. The van der Waals surface area contributed by atoms with Gasteiger partial charge in [0.1, 0.15) is 5.03 Å². The first-order valence-electron chi connectivity index (χ1n) is 5.85. The minimum absolute atomic E-state index is 0.262. The second kappa shape index (κ2) is 8.22. The third-order valence-corrected chi connectivity index (χ3v) is 9.17. The number of hydrogen-bond donors (Lipinski definition) is 0. The summed E-state index contributed by atoms with van der Waals surface area (Å²) >= 11 is 2.14. The zero-order valence-corrected chi connectivity index (χ0v) is 16.5. The van der Waals surface area contributed by atoms with Crippen LogP contribution >= 0.6 is 37.8 Å². The second-order valence-electron chi connectivity index (χ2n) is 3.71. The lowest BCUT2D eigenvalue weighted by Crippen LogP contribution is -2.13. The summed E-state index contributed by atoms with van der Waals surface area (Å²) in [7, 11) is 0.262. The molecule has 0 spiro atoms. The molecule has 21 heavy (non-hydrogen) atoms. The maximum absolute atomic E-state index is 13.0. The summed E-state index contributed by atoms with van der Waals surface area (Å²) < 4.78 is 40.5. The van der Waals surface area contributed by atoms with Gasteiger partial charge in [0.25, 0.3) is 7.57 Å². The molecule has 0 saturated heterocycles. The molecule has 0 aliphatic rings. The van der Waals surface area contributed by atoms with Crippen LogP contribution in [0.1, 0.15) is 5.56 Å². The highest BCUT2D eigenvalue weighted by molar-refractivity contribution is 14.1. The molecule has 0 aliphatic heterocycles. The zero-order chi connectivity index (χ0) is 16.1. The van der Waals surface area contributed by atoms with Crippen molar-refractivity contribution < 1.29 is 27.2 Å². The topological polar surface area (TPSA) is 63.2 Å². The molecule has 0 aromatic heterocycles. The Morgan fingerprint density at radius 2 is 1.38 bits per heavy atom. The van der Waals surface area contributed by atoms with Crippen LogP contribution in [-0.2, 0) is 27.2 Å². The molecule has 1 rings (SSSR count). The van der Waals surface area contributed by atoms with Crippen LogP contribution in [0.4, 0.5) is 0 Å². The average molecular weight is 448 g/mol. The molecule has 0 atom stereocenters. The van der Waals surface area contributed by atoms with E-state index in [-0.39, 0.29) is 5.03 Å². The highest BCUT2D eigenvalue weighted by Crippen LogP contribution is 2.64. The molecule has 0 radical (unpaired) electrons. The van der Waals surface area contributed by atoms with E-state index >= 15 is 0 Å². The Balaban J connectivity index is 3.88. The Morgan fingerprint density at radius 3 is 1.76 bits per heavy atom. The van der Waals surface area contributed by atoms with Crippen LogP contribution in [0.3, 0.4) is 0 Å². The molecule has 120 valence electrons. The lowest BCUT2D eigenvalue weighted by molar-refractivity contribution is 0.232. The van der Waals surface area contributed by atoms with E-state index in [9.17, 15) is 4.57 Å². The fraction of sp³-hybridized carbons (Fsp3) is 0.417. The van der Waals surface area contributed by atoms with Crippen molar-refractivity contribution in [1.82, 2.24) is 0 Å². The first kappa shape index (κ1) is 19.3. The van der Waals surface area contributed by atoms with E-state index in [1.165, 1.54) is 35.5 Å². The van der Waals surface area contributed by atoms with Gasteiger partial charge in [-0.15, -0.1) is 0 Å². The number of halogens is 1. The fourth-order valence-electron chi connectivity index (χ4n) is 1.82. The lowest BCUT2D eigenvalue weighted by Gasteiger charge is -2.28. The summed E-state index contributed by atoms with van der Waals surface area (Å²) in [4.78, 5) is 0. The SMILES string of the molecule is COP(=O)(OC)C(c1ccccc1I)=P(OC)(OC)OC. The standard InChI is InChI=1S/C12H19IO6P2/c1-15-20(14,16-2)12(21(17-3,18-4)19-5)10-8-6-7-9-11(10)13/h6-9H,1-5H3. The average Bonchev–Trinajstić information content (AvgIpc) is 2.53. The Kier molecular flexibility index (Phi) is 7.57. The van der Waals surface area contributed by atoms with E-state index in [1.807, 2.05) is 18.2 Å². The van der Waals surface area contributed by atoms with Crippen molar-refractivity contribution in [3.63, 3.8) is 0 Å². The van der Waals surface area contributed by atoms with Gasteiger partial charge in [0.15, 0.2) is 0 Å². The van der Waals surface area contributed by atoms with Crippen LogP contribution in [-0.4, -0.2) is 40.6 Å². The zero-order valence-electron chi connectivity index (χ0n) is 12.5. The molecule has 9 heteroatoms. The molecule has 6 nitrogen and oxygen atoms in total. The van der Waals surface area contributed by atoms with Gasteiger partial charge in [-0.1, -0.05) is 18.2 Å². The Labute approximate surface area is 139 Å². The van der Waals surface area contributed by atoms with Crippen LogP contribution < -0.4 is 0 Å². The molecule has 1 aromatic carbocycles. The van der Waals surface area contributed by atoms with Crippen molar-refractivity contribution in [3.8, 4) is 0 Å². The summed E-state index contributed by atoms with van der Waals surface area (Å²) in [6.45, 7) is 0. The highest BCUT2D eigenvalue weighted by Gasteiger charge is 2.41. The number of hydrogen-bond acceptors (Lipinski definition) is 6. The Bertz CT molecular complexity index is 562. The van der Waals surface area contributed by atoms with Gasteiger partial charge in [0.05, 0.1) is 0 Å². The summed E-state index contributed by atoms with van der Waals surface area (Å²) in [6, 6.07) is 7.37. The van der Waals surface area contributed by atoms with Gasteiger partial charge < -0.3 is 22.6 Å². The van der Waals surface area contributed by atoms with Crippen LogP contribution in [0.5, 0.6) is 0 Å². The van der Waals surface area contributed by atoms with Gasteiger partial charge in [-0.3, -0.25) is 4.57 Å². The van der Waals surface area contributed by atoms with Crippen molar-refractivity contribution in [3.05, 3.63) is 33.4 Å². The highest BCUT2D eigenvalue weighted by atomic mass is 127. The Morgan fingerprint density at radius 1 is 0.905 bits per heavy atom. The smallest absolute Gasteiger partial charge is 0.320 e. The van der Waals surface area contributed by atoms with Crippen LogP contribution in [0.25, 0.3) is 0 Å². The van der Waals surface area contributed by atoms with E-state index in [4.69, 9.17) is 22.6 Å². The van der Waals surface area contributed by atoms with Crippen molar-refractivity contribution in [2.45, 2.75) is 0 Å². The van der Waals surface area contributed by atoms with Gasteiger partial charge in [-0.25, -0.2) is 0 Å². The monoisotopic (exact) mass is 448 g/mol. The molecule has 1 aromatic rings.